The van der Waals surface area contributed by atoms with E-state index in [-0.39, 0.29) is 5.84 Å². The van der Waals surface area contributed by atoms with E-state index in [1.165, 1.54) is 13.1 Å². The van der Waals surface area contributed by atoms with Crippen LogP contribution in [0, 0.1) is 11.6 Å². The van der Waals surface area contributed by atoms with Crippen LogP contribution in [0.1, 0.15) is 11.1 Å². The predicted octanol–water partition coefficient (Wildman–Crippen LogP) is 4.82. The van der Waals surface area contributed by atoms with Gasteiger partial charge >= 0.3 is 0 Å². The van der Waals surface area contributed by atoms with Crippen molar-refractivity contribution in [2.24, 2.45) is 21.2 Å². The third-order valence-electron chi connectivity index (χ3n) is 4.63. The van der Waals surface area contributed by atoms with Gasteiger partial charge in [0.25, 0.3) is 0 Å². The number of halogens is 2. The summed E-state index contributed by atoms with van der Waals surface area (Å²) < 4.78 is 29.0. The molecule has 4 rings (SSSR count). The molecule has 0 aliphatic rings. The quantitative estimate of drug-likeness (QED) is 0.235. The summed E-state index contributed by atoms with van der Waals surface area (Å²) >= 11 is 0. The molecule has 0 aliphatic heterocycles. The van der Waals surface area contributed by atoms with E-state index in [2.05, 4.69) is 20.0 Å². The third kappa shape index (κ3) is 3.11. The minimum Gasteiger partial charge on any atom is -0.382 e. The van der Waals surface area contributed by atoms with Crippen LogP contribution in [0.3, 0.4) is 0 Å². The number of nitrogens with zero attached hydrogens (tertiary/aromatic N) is 4. The van der Waals surface area contributed by atoms with Crippen molar-refractivity contribution < 1.29 is 8.78 Å². The Balaban J connectivity index is 1.89. The van der Waals surface area contributed by atoms with Crippen LogP contribution in [-0.2, 0) is 6.54 Å². The first-order valence-electron chi connectivity index (χ1n) is 8.66. The maximum Gasteiger partial charge on any atom is 0.159 e. The highest BCUT2D eigenvalue weighted by Gasteiger charge is 2.13. The van der Waals surface area contributed by atoms with E-state index in [9.17, 15) is 8.78 Å². The zero-order valence-electron chi connectivity index (χ0n) is 15.1. The minimum absolute atomic E-state index is 0.268. The van der Waals surface area contributed by atoms with Gasteiger partial charge in [0.1, 0.15) is 0 Å². The monoisotopic (exact) mass is 377 g/mol. The molecule has 0 unspecified atom stereocenters. The average Bonchev–Trinajstić information content (AvgIpc) is 3.02. The van der Waals surface area contributed by atoms with Gasteiger partial charge in [-0.15, -0.1) is 5.10 Å². The Hall–Kier alpha value is -3.61. The van der Waals surface area contributed by atoms with Crippen molar-refractivity contribution in [2.75, 3.05) is 7.05 Å². The predicted molar refractivity (Wildman–Crippen MR) is 106 cm³/mol. The second-order valence-corrected chi connectivity index (χ2v) is 6.36. The van der Waals surface area contributed by atoms with Crippen molar-refractivity contribution in [3.8, 4) is 0 Å². The highest BCUT2D eigenvalue weighted by Crippen LogP contribution is 2.30. The first-order valence-corrected chi connectivity index (χ1v) is 8.66. The van der Waals surface area contributed by atoms with E-state index >= 15 is 0 Å². The van der Waals surface area contributed by atoms with E-state index in [4.69, 9.17) is 5.73 Å². The first-order chi connectivity index (χ1) is 13.6. The fraction of sp³-hybridized carbons (Fsp3) is 0.0952. The number of amidine groups is 1. The molecule has 1 aromatic heterocycles. The highest BCUT2D eigenvalue weighted by molar-refractivity contribution is 6.11. The number of aromatic nitrogens is 1. The summed E-state index contributed by atoms with van der Waals surface area (Å²) in [5.41, 5.74) is 9.34. The van der Waals surface area contributed by atoms with Crippen LogP contribution < -0.4 is 5.73 Å². The van der Waals surface area contributed by atoms with E-state index in [0.717, 1.165) is 33.4 Å². The Labute approximate surface area is 159 Å². The van der Waals surface area contributed by atoms with Crippen molar-refractivity contribution >= 4 is 27.6 Å². The third-order valence-corrected chi connectivity index (χ3v) is 4.63. The Kier molecular flexibility index (Phi) is 4.57. The average molecular weight is 377 g/mol. The lowest BCUT2D eigenvalue weighted by Gasteiger charge is -2.08. The molecule has 0 bridgehead atoms. The summed E-state index contributed by atoms with van der Waals surface area (Å²) in [5, 5.41) is 13.0. The first kappa shape index (κ1) is 17.8. The molecule has 0 amide bonds. The van der Waals surface area contributed by atoms with Gasteiger partial charge < -0.3 is 10.3 Å². The van der Waals surface area contributed by atoms with Gasteiger partial charge in [0.15, 0.2) is 17.5 Å². The van der Waals surface area contributed by atoms with Gasteiger partial charge in [-0.2, -0.15) is 5.11 Å². The van der Waals surface area contributed by atoms with Crippen molar-refractivity contribution in [2.45, 2.75) is 6.54 Å². The smallest absolute Gasteiger partial charge is 0.159 e. The van der Waals surface area contributed by atoms with E-state index < -0.39 is 11.6 Å². The fourth-order valence-electron chi connectivity index (χ4n) is 3.35. The Bertz CT molecular complexity index is 1240. The SMILES string of the molecule is CN=NN=C(N)c1ccc2c(c1)c1ccccc1n2Cc1ccc(F)c(F)c1. The number of nitrogens with two attached hydrogens (primary N) is 1. The molecule has 0 saturated heterocycles. The molecule has 2 N–H and O–H groups in total. The van der Waals surface area contributed by atoms with Gasteiger partial charge in [0.2, 0.25) is 0 Å². The molecule has 0 fully saturated rings. The molecule has 28 heavy (non-hydrogen) atoms. The summed E-state index contributed by atoms with van der Waals surface area (Å²) in [6, 6.07) is 17.6. The van der Waals surface area contributed by atoms with Crippen LogP contribution >= 0.6 is 0 Å². The topological polar surface area (TPSA) is 68.0 Å². The summed E-state index contributed by atoms with van der Waals surface area (Å²) in [5.74, 6) is -1.44. The van der Waals surface area contributed by atoms with Crippen LogP contribution in [0.4, 0.5) is 8.78 Å². The summed E-state index contributed by atoms with van der Waals surface area (Å²) in [6.45, 7) is 0.411. The van der Waals surface area contributed by atoms with Gasteiger partial charge in [0.05, 0.1) is 7.05 Å². The van der Waals surface area contributed by atoms with Gasteiger partial charge in [-0.3, -0.25) is 0 Å². The molecule has 4 aromatic rings. The van der Waals surface area contributed by atoms with Crippen LogP contribution in [0.25, 0.3) is 21.8 Å². The molecule has 0 radical (unpaired) electrons. The molecule has 3 aromatic carbocycles. The van der Waals surface area contributed by atoms with Crippen molar-refractivity contribution in [1.29, 1.82) is 0 Å². The second kappa shape index (κ2) is 7.19. The Morgan fingerprint density at radius 1 is 0.929 bits per heavy atom. The lowest BCUT2D eigenvalue weighted by Crippen LogP contribution is -2.12. The molecule has 0 spiro atoms. The molecular formula is C21H17F2N5. The number of benzene rings is 3. The molecule has 7 heteroatoms. The fourth-order valence-corrected chi connectivity index (χ4v) is 3.35. The number of hydrogen-bond donors (Lipinski definition) is 1. The number of hydrogen-bond acceptors (Lipinski definition) is 2. The van der Waals surface area contributed by atoms with Crippen LogP contribution in [0.2, 0.25) is 0 Å². The van der Waals surface area contributed by atoms with Crippen molar-refractivity contribution in [3.63, 3.8) is 0 Å². The lowest BCUT2D eigenvalue weighted by atomic mass is 10.1. The molecule has 140 valence electrons. The molecular weight excluding hydrogens is 360 g/mol. The van der Waals surface area contributed by atoms with Crippen LogP contribution in [0.15, 0.2) is 76.1 Å². The van der Waals surface area contributed by atoms with Crippen molar-refractivity contribution in [1.82, 2.24) is 4.57 Å². The number of fused-ring (bicyclic) bond motifs is 3. The van der Waals surface area contributed by atoms with Gasteiger partial charge in [-0.05, 0) is 47.2 Å². The zero-order chi connectivity index (χ0) is 19.7. The summed E-state index contributed by atoms with van der Waals surface area (Å²) in [7, 11) is 1.52. The molecule has 0 atom stereocenters. The normalized spacial score (nSPS) is 12.5. The van der Waals surface area contributed by atoms with Crippen molar-refractivity contribution in [3.05, 3.63) is 83.4 Å². The van der Waals surface area contributed by atoms with Gasteiger partial charge in [-0.1, -0.05) is 24.3 Å². The second-order valence-electron chi connectivity index (χ2n) is 6.36. The molecule has 5 nitrogen and oxygen atoms in total. The zero-order valence-corrected chi connectivity index (χ0v) is 15.1. The van der Waals surface area contributed by atoms with Gasteiger partial charge in [0, 0.05) is 33.9 Å². The van der Waals surface area contributed by atoms with E-state index in [0.29, 0.717) is 12.1 Å². The summed E-state index contributed by atoms with van der Waals surface area (Å²) in [4.78, 5) is 0. The van der Waals surface area contributed by atoms with Gasteiger partial charge in [-0.25, -0.2) is 8.78 Å². The molecule has 1 heterocycles. The summed E-state index contributed by atoms with van der Waals surface area (Å²) in [6.07, 6.45) is 0. The van der Waals surface area contributed by atoms with Crippen LogP contribution in [-0.4, -0.2) is 17.5 Å². The maximum atomic E-state index is 13.7. The lowest BCUT2D eigenvalue weighted by molar-refractivity contribution is 0.506. The largest absolute Gasteiger partial charge is 0.382 e. The molecule has 0 saturated carbocycles. The maximum absolute atomic E-state index is 13.7. The van der Waals surface area contributed by atoms with E-state index in [1.807, 2.05) is 42.5 Å². The minimum atomic E-state index is -0.852. The van der Waals surface area contributed by atoms with E-state index in [1.54, 1.807) is 6.07 Å². The van der Waals surface area contributed by atoms with Crippen LogP contribution in [0.5, 0.6) is 0 Å². The Morgan fingerprint density at radius 2 is 1.71 bits per heavy atom. The number of para-hydroxylation sites is 1. The molecule has 0 aliphatic carbocycles. The number of rotatable bonds is 4. The standard InChI is InChI=1S/C21H17F2N5/c1-25-27-26-21(24)14-7-9-20-16(11-14)15-4-2-3-5-19(15)28(20)12-13-6-8-17(22)18(23)10-13/h2-11H,12H2,1H3,(H2,24,25,26). The Morgan fingerprint density at radius 3 is 2.50 bits per heavy atom. The highest BCUT2D eigenvalue weighted by atomic mass is 19.2.